The van der Waals surface area contributed by atoms with Crippen molar-refractivity contribution in [1.29, 1.82) is 0 Å². The second kappa shape index (κ2) is 15.6. The van der Waals surface area contributed by atoms with Crippen LogP contribution in [-0.4, -0.2) is 37.2 Å². The number of amides is 3. The molecule has 1 unspecified atom stereocenters. The van der Waals surface area contributed by atoms with Crippen LogP contribution >= 0.6 is 23.4 Å². The quantitative estimate of drug-likeness (QED) is 0.110. The van der Waals surface area contributed by atoms with Gasteiger partial charge >= 0.3 is 6.18 Å². The van der Waals surface area contributed by atoms with E-state index >= 15 is 0 Å². The molecular weight excluding hydrogens is 655 g/mol. The summed E-state index contributed by atoms with van der Waals surface area (Å²) in [6.07, 6.45) is -3.12. The minimum absolute atomic E-state index is 0.0260. The predicted octanol–water partition coefficient (Wildman–Crippen LogP) is 7.90. The van der Waals surface area contributed by atoms with Crippen LogP contribution < -0.4 is 25.4 Å². The topological polar surface area (TPSA) is 106 Å². The van der Waals surface area contributed by atoms with Crippen molar-refractivity contribution < 1.29 is 37.0 Å². The molecule has 4 aromatic carbocycles. The molecule has 0 aliphatic rings. The normalized spacial score (nSPS) is 12.1. The van der Waals surface area contributed by atoms with E-state index in [1.54, 1.807) is 79.7 Å². The molecule has 0 aliphatic heterocycles. The standard InChI is InChI=1S/C34H29ClF3N3O5S/c1-20(31(42)40-28-19-23(34(36,37)38)9-15-27(28)35)47-26-13-10-24(11-14-26)39-33(44)29(41-32(43)21-7-5-4-6-8-21)18-22-17-25(45-2)12-16-30(22)46-3/h4-20H,1-3H3,(H,39,44)(H,40,42)(H,41,43)/b29-18-. The first-order valence-corrected chi connectivity index (χ1v) is 15.2. The van der Waals surface area contributed by atoms with E-state index in [-0.39, 0.29) is 16.4 Å². The minimum Gasteiger partial charge on any atom is -0.497 e. The van der Waals surface area contributed by atoms with Crippen LogP contribution in [0.5, 0.6) is 11.5 Å². The monoisotopic (exact) mass is 683 g/mol. The average molecular weight is 684 g/mol. The molecule has 4 rings (SSSR count). The number of hydrogen-bond donors (Lipinski definition) is 3. The molecule has 0 bridgehead atoms. The molecule has 0 spiro atoms. The molecule has 0 aromatic heterocycles. The highest BCUT2D eigenvalue weighted by atomic mass is 35.5. The van der Waals surface area contributed by atoms with Gasteiger partial charge in [0.05, 0.1) is 35.7 Å². The number of methoxy groups -OCH3 is 2. The number of ether oxygens (including phenoxy) is 2. The van der Waals surface area contributed by atoms with Gasteiger partial charge in [-0.2, -0.15) is 13.2 Å². The van der Waals surface area contributed by atoms with Gasteiger partial charge in [-0.15, -0.1) is 11.8 Å². The Morgan fingerprint density at radius 2 is 1.57 bits per heavy atom. The first-order chi connectivity index (χ1) is 22.4. The fraction of sp³-hybridized carbons (Fsp3) is 0.147. The number of halogens is 4. The molecule has 0 aliphatic carbocycles. The maximum atomic E-state index is 13.5. The van der Waals surface area contributed by atoms with E-state index in [1.807, 2.05) is 0 Å². The van der Waals surface area contributed by atoms with Crippen molar-refractivity contribution in [2.24, 2.45) is 0 Å². The summed E-state index contributed by atoms with van der Waals surface area (Å²) in [5, 5.41) is 7.14. The number of hydrogen-bond acceptors (Lipinski definition) is 6. The van der Waals surface area contributed by atoms with E-state index in [1.165, 1.54) is 20.3 Å². The summed E-state index contributed by atoms with van der Waals surface area (Å²) in [5.74, 6) is -0.713. The minimum atomic E-state index is -4.59. The van der Waals surface area contributed by atoms with E-state index in [9.17, 15) is 27.6 Å². The zero-order valence-electron chi connectivity index (χ0n) is 25.3. The molecule has 47 heavy (non-hydrogen) atoms. The Morgan fingerprint density at radius 1 is 0.872 bits per heavy atom. The van der Waals surface area contributed by atoms with Crippen molar-refractivity contribution in [2.75, 3.05) is 24.9 Å². The van der Waals surface area contributed by atoms with Crippen LogP contribution in [0.25, 0.3) is 6.08 Å². The van der Waals surface area contributed by atoms with E-state index in [2.05, 4.69) is 16.0 Å². The van der Waals surface area contributed by atoms with E-state index in [0.29, 0.717) is 33.2 Å². The summed E-state index contributed by atoms with van der Waals surface area (Å²) < 4.78 is 50.0. The van der Waals surface area contributed by atoms with Crippen LogP contribution in [0.4, 0.5) is 24.5 Å². The maximum absolute atomic E-state index is 13.5. The molecule has 0 radical (unpaired) electrons. The molecule has 0 fully saturated rings. The van der Waals surface area contributed by atoms with Crippen LogP contribution in [0.15, 0.2) is 102 Å². The highest BCUT2D eigenvalue weighted by Gasteiger charge is 2.31. The Hall–Kier alpha value is -4.94. The number of carbonyl (C=O) groups excluding carboxylic acids is 3. The summed E-state index contributed by atoms with van der Waals surface area (Å²) >= 11 is 7.16. The van der Waals surface area contributed by atoms with Gasteiger partial charge in [0.25, 0.3) is 11.8 Å². The summed E-state index contributed by atoms with van der Waals surface area (Å²) in [7, 11) is 2.98. The molecule has 0 saturated heterocycles. The van der Waals surface area contributed by atoms with Crippen molar-refractivity contribution >= 4 is 58.5 Å². The number of nitrogens with one attached hydrogen (secondary N) is 3. The Morgan fingerprint density at radius 3 is 2.21 bits per heavy atom. The van der Waals surface area contributed by atoms with Crippen molar-refractivity contribution in [2.45, 2.75) is 23.2 Å². The Labute approximate surface area is 278 Å². The lowest BCUT2D eigenvalue weighted by molar-refractivity contribution is -0.137. The molecule has 3 amide bonds. The van der Waals surface area contributed by atoms with Gasteiger partial charge in [0.2, 0.25) is 5.91 Å². The summed E-state index contributed by atoms with van der Waals surface area (Å²) in [6.45, 7) is 1.59. The van der Waals surface area contributed by atoms with Gasteiger partial charge in [-0.1, -0.05) is 29.8 Å². The SMILES string of the molecule is COc1ccc(OC)c(/C=C(\NC(=O)c2ccccc2)C(=O)Nc2ccc(SC(C)C(=O)Nc3cc(C(F)(F)F)ccc3Cl)cc2)c1. The lowest BCUT2D eigenvalue weighted by atomic mass is 10.1. The first kappa shape index (κ1) is 34.9. The number of rotatable bonds is 11. The number of thioether (sulfide) groups is 1. The third-order valence-electron chi connectivity index (χ3n) is 6.61. The highest BCUT2D eigenvalue weighted by Crippen LogP contribution is 2.34. The molecule has 8 nitrogen and oxygen atoms in total. The van der Waals surface area contributed by atoms with E-state index in [4.69, 9.17) is 21.1 Å². The zero-order chi connectivity index (χ0) is 34.1. The summed E-state index contributed by atoms with van der Waals surface area (Å²) in [5.41, 5.74) is 0.0729. The maximum Gasteiger partial charge on any atom is 0.416 e. The summed E-state index contributed by atoms with van der Waals surface area (Å²) in [4.78, 5) is 39.9. The second-order valence-electron chi connectivity index (χ2n) is 9.91. The van der Waals surface area contributed by atoms with Gasteiger partial charge in [0.1, 0.15) is 17.2 Å². The fourth-order valence-corrected chi connectivity index (χ4v) is 5.19. The van der Waals surface area contributed by atoms with Crippen molar-refractivity contribution in [1.82, 2.24) is 5.32 Å². The van der Waals surface area contributed by atoms with Crippen LogP contribution in [-0.2, 0) is 15.8 Å². The van der Waals surface area contributed by atoms with Crippen LogP contribution in [0.2, 0.25) is 5.02 Å². The Bertz CT molecular complexity index is 1780. The molecule has 4 aromatic rings. The van der Waals surface area contributed by atoms with Crippen LogP contribution in [0.3, 0.4) is 0 Å². The van der Waals surface area contributed by atoms with Gasteiger partial charge in [-0.3, -0.25) is 14.4 Å². The number of benzene rings is 4. The van der Waals surface area contributed by atoms with Crippen molar-refractivity contribution in [3.8, 4) is 11.5 Å². The molecule has 244 valence electrons. The average Bonchev–Trinajstić information content (AvgIpc) is 3.06. The van der Waals surface area contributed by atoms with Crippen molar-refractivity contribution in [3.05, 3.63) is 118 Å². The van der Waals surface area contributed by atoms with Crippen LogP contribution in [0, 0.1) is 0 Å². The second-order valence-corrected chi connectivity index (χ2v) is 11.7. The van der Waals surface area contributed by atoms with E-state index in [0.717, 1.165) is 30.0 Å². The zero-order valence-corrected chi connectivity index (χ0v) is 26.8. The predicted molar refractivity (Wildman–Crippen MR) is 177 cm³/mol. The number of anilines is 2. The van der Waals surface area contributed by atoms with E-state index < -0.39 is 34.7 Å². The molecule has 3 N–H and O–H groups in total. The Balaban J connectivity index is 1.48. The molecule has 1 atom stereocenters. The summed E-state index contributed by atoms with van der Waals surface area (Å²) in [6, 6.07) is 22.7. The third-order valence-corrected chi connectivity index (χ3v) is 8.05. The molecule has 0 saturated carbocycles. The van der Waals surface area contributed by atoms with Gasteiger partial charge in [0.15, 0.2) is 0 Å². The van der Waals surface area contributed by atoms with Crippen molar-refractivity contribution in [3.63, 3.8) is 0 Å². The molecule has 0 heterocycles. The fourth-order valence-electron chi connectivity index (χ4n) is 4.15. The van der Waals surface area contributed by atoms with Gasteiger partial charge in [0, 0.05) is 21.7 Å². The van der Waals surface area contributed by atoms with Gasteiger partial charge in [-0.25, -0.2) is 0 Å². The Kier molecular flexibility index (Phi) is 11.6. The smallest absolute Gasteiger partial charge is 0.416 e. The van der Waals surface area contributed by atoms with Crippen LogP contribution in [0.1, 0.15) is 28.4 Å². The third kappa shape index (κ3) is 9.53. The van der Waals surface area contributed by atoms with Gasteiger partial charge in [-0.05, 0) is 85.8 Å². The largest absolute Gasteiger partial charge is 0.497 e. The molecule has 13 heteroatoms. The lowest BCUT2D eigenvalue weighted by Crippen LogP contribution is -2.30. The highest BCUT2D eigenvalue weighted by molar-refractivity contribution is 8.00. The lowest BCUT2D eigenvalue weighted by Gasteiger charge is -2.15. The molecular formula is C34H29ClF3N3O5S. The van der Waals surface area contributed by atoms with Gasteiger partial charge < -0.3 is 25.4 Å². The first-order valence-electron chi connectivity index (χ1n) is 13.9. The number of carbonyl (C=O) groups is 3. The number of alkyl halides is 3.